The van der Waals surface area contributed by atoms with Crippen molar-refractivity contribution < 1.29 is 9.18 Å². The first-order valence-electron chi connectivity index (χ1n) is 7.95. The standard InChI is InChI=1S/C19H21FN2O.ClH/c20-16-9-7-15(8-10-16)19(11-4-12-19)13-22-18(23)17(21)14-5-2-1-3-6-14;/h1-3,5-10,17H,4,11-13,21H2,(H,22,23);1H. The molecule has 1 atom stereocenters. The Bertz CT molecular complexity index is 672. The molecule has 1 fully saturated rings. The highest BCUT2D eigenvalue weighted by molar-refractivity contribution is 5.85. The van der Waals surface area contributed by atoms with Gasteiger partial charge < -0.3 is 11.1 Å². The minimum absolute atomic E-state index is 0. The van der Waals surface area contributed by atoms with Gasteiger partial charge in [0.15, 0.2) is 0 Å². The number of nitrogens with two attached hydrogens (primary N) is 1. The molecule has 1 aliphatic rings. The molecule has 128 valence electrons. The Kier molecular flexibility index (Phi) is 5.97. The molecular weight excluding hydrogens is 327 g/mol. The van der Waals surface area contributed by atoms with Gasteiger partial charge in [0.2, 0.25) is 5.91 Å². The molecule has 1 amide bonds. The first kappa shape index (κ1) is 18.4. The number of benzene rings is 2. The molecule has 3 nitrogen and oxygen atoms in total. The predicted octanol–water partition coefficient (Wildman–Crippen LogP) is 3.49. The lowest BCUT2D eigenvalue weighted by atomic mass is 9.64. The summed E-state index contributed by atoms with van der Waals surface area (Å²) in [7, 11) is 0. The van der Waals surface area contributed by atoms with Gasteiger partial charge in [-0.25, -0.2) is 4.39 Å². The van der Waals surface area contributed by atoms with Crippen molar-refractivity contribution in [2.45, 2.75) is 30.7 Å². The molecule has 1 unspecified atom stereocenters. The van der Waals surface area contributed by atoms with E-state index in [-0.39, 0.29) is 29.5 Å². The molecule has 2 aromatic rings. The van der Waals surface area contributed by atoms with Crippen molar-refractivity contribution >= 4 is 18.3 Å². The molecule has 2 aromatic carbocycles. The van der Waals surface area contributed by atoms with Gasteiger partial charge in [-0.1, -0.05) is 48.9 Å². The summed E-state index contributed by atoms with van der Waals surface area (Å²) in [5.41, 5.74) is 7.82. The van der Waals surface area contributed by atoms with Crippen LogP contribution in [0.4, 0.5) is 4.39 Å². The fourth-order valence-electron chi connectivity index (χ4n) is 3.15. The summed E-state index contributed by atoms with van der Waals surface area (Å²) in [6.45, 7) is 0.540. The molecule has 0 heterocycles. The zero-order valence-electron chi connectivity index (χ0n) is 13.4. The molecule has 0 spiro atoms. The number of nitrogens with one attached hydrogen (secondary N) is 1. The maximum atomic E-state index is 13.1. The summed E-state index contributed by atoms with van der Waals surface area (Å²) < 4.78 is 13.1. The van der Waals surface area contributed by atoms with E-state index in [0.717, 1.165) is 30.4 Å². The van der Waals surface area contributed by atoms with E-state index in [4.69, 9.17) is 5.73 Å². The fourth-order valence-corrected chi connectivity index (χ4v) is 3.15. The van der Waals surface area contributed by atoms with Crippen molar-refractivity contribution in [3.63, 3.8) is 0 Å². The minimum atomic E-state index is -0.665. The van der Waals surface area contributed by atoms with Crippen molar-refractivity contribution in [3.05, 3.63) is 71.5 Å². The van der Waals surface area contributed by atoms with E-state index in [1.165, 1.54) is 12.1 Å². The van der Waals surface area contributed by atoms with Crippen LogP contribution in [-0.2, 0) is 10.2 Å². The lowest BCUT2D eigenvalue weighted by molar-refractivity contribution is -0.122. The zero-order valence-corrected chi connectivity index (χ0v) is 14.2. The van der Waals surface area contributed by atoms with Crippen molar-refractivity contribution in [2.75, 3.05) is 6.54 Å². The van der Waals surface area contributed by atoms with E-state index in [1.807, 2.05) is 42.5 Å². The van der Waals surface area contributed by atoms with E-state index < -0.39 is 6.04 Å². The fraction of sp³-hybridized carbons (Fsp3) is 0.316. The molecule has 0 bridgehead atoms. The van der Waals surface area contributed by atoms with E-state index in [2.05, 4.69) is 5.32 Å². The first-order chi connectivity index (χ1) is 11.1. The lowest BCUT2D eigenvalue weighted by Crippen LogP contribution is -2.47. The van der Waals surface area contributed by atoms with Crippen LogP contribution in [0.3, 0.4) is 0 Å². The summed E-state index contributed by atoms with van der Waals surface area (Å²) in [5.74, 6) is -0.414. The van der Waals surface area contributed by atoms with Gasteiger partial charge in [-0.2, -0.15) is 0 Å². The van der Waals surface area contributed by atoms with Crippen LogP contribution in [0.5, 0.6) is 0 Å². The molecule has 3 N–H and O–H groups in total. The molecule has 1 aliphatic carbocycles. The van der Waals surface area contributed by atoms with Crippen molar-refractivity contribution in [3.8, 4) is 0 Å². The SMILES string of the molecule is Cl.NC(C(=O)NCC1(c2ccc(F)cc2)CCC1)c1ccccc1. The van der Waals surface area contributed by atoms with Gasteiger partial charge in [-0.05, 0) is 36.1 Å². The molecular formula is C19H22ClFN2O. The van der Waals surface area contributed by atoms with Crippen LogP contribution in [0.15, 0.2) is 54.6 Å². The third-order valence-corrected chi connectivity index (χ3v) is 4.81. The highest BCUT2D eigenvalue weighted by Crippen LogP contribution is 2.43. The highest BCUT2D eigenvalue weighted by atomic mass is 35.5. The first-order valence-corrected chi connectivity index (χ1v) is 7.95. The van der Waals surface area contributed by atoms with Crippen LogP contribution in [0.2, 0.25) is 0 Å². The Balaban J connectivity index is 0.00000208. The predicted molar refractivity (Wildman–Crippen MR) is 95.6 cm³/mol. The van der Waals surface area contributed by atoms with Gasteiger partial charge in [-0.3, -0.25) is 4.79 Å². The second kappa shape index (κ2) is 7.77. The minimum Gasteiger partial charge on any atom is -0.354 e. The molecule has 24 heavy (non-hydrogen) atoms. The molecule has 5 heteroatoms. The van der Waals surface area contributed by atoms with Crippen LogP contribution >= 0.6 is 12.4 Å². The van der Waals surface area contributed by atoms with Crippen molar-refractivity contribution in [2.24, 2.45) is 5.73 Å². The van der Waals surface area contributed by atoms with Gasteiger partial charge >= 0.3 is 0 Å². The van der Waals surface area contributed by atoms with Gasteiger partial charge in [0.05, 0.1) is 0 Å². The largest absolute Gasteiger partial charge is 0.354 e. The van der Waals surface area contributed by atoms with Crippen LogP contribution in [0.1, 0.15) is 36.4 Å². The van der Waals surface area contributed by atoms with Gasteiger partial charge in [0.25, 0.3) is 0 Å². The number of carbonyl (C=O) groups excluding carboxylic acids is 1. The molecule has 3 rings (SSSR count). The number of carbonyl (C=O) groups is 1. The van der Waals surface area contributed by atoms with Gasteiger partial charge in [0, 0.05) is 12.0 Å². The summed E-state index contributed by atoms with van der Waals surface area (Å²) in [6.07, 6.45) is 3.12. The average Bonchev–Trinajstić information content (AvgIpc) is 2.55. The van der Waals surface area contributed by atoms with Crippen LogP contribution in [-0.4, -0.2) is 12.5 Å². The van der Waals surface area contributed by atoms with Crippen LogP contribution in [0, 0.1) is 5.82 Å². The highest BCUT2D eigenvalue weighted by Gasteiger charge is 2.39. The maximum Gasteiger partial charge on any atom is 0.241 e. The van der Waals surface area contributed by atoms with Crippen LogP contribution in [0.25, 0.3) is 0 Å². The number of amides is 1. The summed E-state index contributed by atoms with van der Waals surface area (Å²) in [4.78, 5) is 12.3. The third kappa shape index (κ3) is 3.77. The summed E-state index contributed by atoms with van der Waals surface area (Å²) >= 11 is 0. The van der Waals surface area contributed by atoms with E-state index in [0.29, 0.717) is 6.54 Å². The second-order valence-corrected chi connectivity index (χ2v) is 6.25. The van der Waals surface area contributed by atoms with Gasteiger partial charge in [0.1, 0.15) is 11.9 Å². The van der Waals surface area contributed by atoms with E-state index in [9.17, 15) is 9.18 Å². The third-order valence-electron chi connectivity index (χ3n) is 4.81. The van der Waals surface area contributed by atoms with E-state index >= 15 is 0 Å². The van der Waals surface area contributed by atoms with Crippen molar-refractivity contribution in [1.82, 2.24) is 5.32 Å². The normalized spacial score (nSPS) is 16.4. The Labute approximate surface area is 147 Å². The molecule has 0 saturated heterocycles. The smallest absolute Gasteiger partial charge is 0.241 e. The quantitative estimate of drug-likeness (QED) is 0.869. The number of halogens is 2. The lowest BCUT2D eigenvalue weighted by Gasteiger charge is -2.42. The number of hydrogen-bond donors (Lipinski definition) is 2. The van der Waals surface area contributed by atoms with Crippen molar-refractivity contribution in [1.29, 1.82) is 0 Å². The monoisotopic (exact) mass is 348 g/mol. The molecule has 1 saturated carbocycles. The second-order valence-electron chi connectivity index (χ2n) is 6.25. The summed E-state index contributed by atoms with van der Waals surface area (Å²) in [6, 6.07) is 15.3. The number of hydrogen-bond acceptors (Lipinski definition) is 2. The Hall–Kier alpha value is -1.91. The topological polar surface area (TPSA) is 55.1 Å². The Morgan fingerprint density at radius 1 is 1.12 bits per heavy atom. The molecule has 0 aromatic heterocycles. The summed E-state index contributed by atoms with van der Waals surface area (Å²) in [5, 5.41) is 2.98. The Morgan fingerprint density at radius 2 is 1.75 bits per heavy atom. The van der Waals surface area contributed by atoms with Gasteiger partial charge in [-0.15, -0.1) is 12.4 Å². The maximum absolute atomic E-state index is 13.1. The number of rotatable bonds is 5. The zero-order chi connectivity index (χ0) is 16.3. The molecule has 0 aliphatic heterocycles. The van der Waals surface area contributed by atoms with Crippen LogP contribution < -0.4 is 11.1 Å². The Morgan fingerprint density at radius 3 is 2.29 bits per heavy atom. The average molecular weight is 349 g/mol. The molecule has 0 radical (unpaired) electrons. The van der Waals surface area contributed by atoms with E-state index in [1.54, 1.807) is 0 Å².